The van der Waals surface area contributed by atoms with E-state index in [0.717, 1.165) is 22.6 Å². The molecule has 0 bridgehead atoms. The Morgan fingerprint density at radius 2 is 1.56 bits per heavy atom. The Morgan fingerprint density at radius 3 is 2.22 bits per heavy atom. The minimum Gasteiger partial charge on any atom is -0.497 e. The maximum atomic E-state index is 12.6. The number of halogens is 1. The van der Waals surface area contributed by atoms with Crippen molar-refractivity contribution < 1.29 is 9.53 Å². The molecule has 4 nitrogen and oxygen atoms in total. The van der Waals surface area contributed by atoms with Gasteiger partial charge in [0.15, 0.2) is 0 Å². The molecule has 0 aliphatic rings. The van der Waals surface area contributed by atoms with E-state index in [1.807, 2.05) is 72.8 Å². The third-order valence-electron chi connectivity index (χ3n) is 4.20. The topological polar surface area (TPSA) is 50.4 Å². The zero-order chi connectivity index (χ0) is 19.1. The lowest BCUT2D eigenvalue weighted by molar-refractivity contribution is -0.119. The molecule has 0 radical (unpaired) electrons. The maximum Gasteiger partial charge on any atom is 0.240 e. The van der Waals surface area contributed by atoms with Crippen LogP contribution in [-0.4, -0.2) is 19.6 Å². The van der Waals surface area contributed by atoms with Gasteiger partial charge in [-0.15, -0.1) is 0 Å². The highest BCUT2D eigenvalue weighted by atomic mass is 35.5. The van der Waals surface area contributed by atoms with Gasteiger partial charge < -0.3 is 15.4 Å². The fourth-order valence-electron chi connectivity index (χ4n) is 2.79. The minimum absolute atomic E-state index is 0.125. The maximum absolute atomic E-state index is 12.6. The number of carbonyl (C=O) groups excluding carboxylic acids is 1. The molecule has 138 valence electrons. The second-order valence-corrected chi connectivity index (χ2v) is 6.42. The van der Waals surface area contributed by atoms with Gasteiger partial charge in [-0.05, 0) is 35.4 Å². The van der Waals surface area contributed by atoms with Crippen molar-refractivity contribution in [3.05, 3.63) is 95.0 Å². The average molecular weight is 381 g/mol. The molecule has 0 aliphatic heterocycles. The number of benzene rings is 3. The van der Waals surface area contributed by atoms with Gasteiger partial charge in [0.05, 0.1) is 30.4 Å². The molecule has 3 aromatic rings. The SMILES string of the molecule is COc1ccc(C(NC(=O)CNc2ccccc2Cl)c2ccccc2)cc1. The van der Waals surface area contributed by atoms with Crippen molar-refractivity contribution in [3.63, 3.8) is 0 Å². The molecule has 3 aromatic carbocycles. The van der Waals surface area contributed by atoms with Crippen molar-refractivity contribution >= 4 is 23.2 Å². The van der Waals surface area contributed by atoms with E-state index in [9.17, 15) is 4.79 Å². The van der Waals surface area contributed by atoms with E-state index in [-0.39, 0.29) is 18.5 Å². The molecule has 0 heterocycles. The van der Waals surface area contributed by atoms with E-state index in [0.29, 0.717) is 5.02 Å². The molecule has 0 spiro atoms. The van der Waals surface area contributed by atoms with Gasteiger partial charge in [-0.3, -0.25) is 4.79 Å². The number of ether oxygens (including phenoxy) is 1. The molecule has 5 heteroatoms. The summed E-state index contributed by atoms with van der Waals surface area (Å²) in [7, 11) is 1.63. The second kappa shape index (κ2) is 9.10. The Morgan fingerprint density at radius 1 is 0.926 bits per heavy atom. The number of anilines is 1. The third-order valence-corrected chi connectivity index (χ3v) is 4.53. The second-order valence-electron chi connectivity index (χ2n) is 6.02. The van der Waals surface area contributed by atoms with Crippen LogP contribution in [0.4, 0.5) is 5.69 Å². The molecule has 3 rings (SSSR count). The molecule has 0 fully saturated rings. The summed E-state index contributed by atoms with van der Waals surface area (Å²) < 4.78 is 5.22. The number of amides is 1. The van der Waals surface area contributed by atoms with Crippen LogP contribution in [0.1, 0.15) is 17.2 Å². The van der Waals surface area contributed by atoms with Gasteiger partial charge in [0.1, 0.15) is 5.75 Å². The number of hydrogen-bond donors (Lipinski definition) is 2. The fraction of sp³-hybridized carbons (Fsp3) is 0.136. The Bertz CT molecular complexity index is 882. The molecule has 0 aromatic heterocycles. The molecule has 2 N–H and O–H groups in total. The molecule has 0 saturated heterocycles. The van der Waals surface area contributed by atoms with E-state index in [1.54, 1.807) is 13.2 Å². The Kier molecular flexibility index (Phi) is 6.34. The molecule has 1 atom stereocenters. The van der Waals surface area contributed by atoms with Crippen LogP contribution < -0.4 is 15.4 Å². The lowest BCUT2D eigenvalue weighted by Gasteiger charge is -2.20. The summed E-state index contributed by atoms with van der Waals surface area (Å²) in [5.74, 6) is 0.650. The summed E-state index contributed by atoms with van der Waals surface area (Å²) in [5.41, 5.74) is 2.72. The van der Waals surface area contributed by atoms with Crippen molar-refractivity contribution in [1.29, 1.82) is 0 Å². The number of rotatable bonds is 7. The van der Waals surface area contributed by atoms with Crippen molar-refractivity contribution in [3.8, 4) is 5.75 Å². The largest absolute Gasteiger partial charge is 0.497 e. The van der Waals surface area contributed by atoms with E-state index in [2.05, 4.69) is 10.6 Å². The van der Waals surface area contributed by atoms with Crippen molar-refractivity contribution in [2.45, 2.75) is 6.04 Å². The molecule has 0 aliphatic carbocycles. The van der Waals surface area contributed by atoms with Gasteiger partial charge in [-0.2, -0.15) is 0 Å². The summed E-state index contributed by atoms with van der Waals surface area (Å²) in [4.78, 5) is 12.6. The van der Waals surface area contributed by atoms with Crippen LogP contribution >= 0.6 is 11.6 Å². The van der Waals surface area contributed by atoms with Gasteiger partial charge in [0.2, 0.25) is 5.91 Å². The summed E-state index contributed by atoms with van der Waals surface area (Å²) in [6.07, 6.45) is 0. The van der Waals surface area contributed by atoms with Gasteiger partial charge in [0, 0.05) is 0 Å². The number of para-hydroxylation sites is 1. The zero-order valence-corrected chi connectivity index (χ0v) is 15.7. The highest BCUT2D eigenvalue weighted by molar-refractivity contribution is 6.33. The van der Waals surface area contributed by atoms with Crippen molar-refractivity contribution in [2.24, 2.45) is 0 Å². The Hall–Kier alpha value is -2.98. The van der Waals surface area contributed by atoms with Crippen molar-refractivity contribution in [2.75, 3.05) is 19.0 Å². The molecule has 27 heavy (non-hydrogen) atoms. The van der Waals surface area contributed by atoms with E-state index in [4.69, 9.17) is 16.3 Å². The van der Waals surface area contributed by atoms with Crippen LogP contribution in [0.15, 0.2) is 78.9 Å². The summed E-state index contributed by atoms with van der Waals surface area (Å²) >= 11 is 6.13. The number of nitrogens with one attached hydrogen (secondary N) is 2. The number of carbonyl (C=O) groups is 1. The van der Waals surface area contributed by atoms with Crippen molar-refractivity contribution in [1.82, 2.24) is 5.32 Å². The lowest BCUT2D eigenvalue weighted by atomic mass is 9.98. The van der Waals surface area contributed by atoms with Crippen LogP contribution in [0.3, 0.4) is 0 Å². The number of hydrogen-bond acceptors (Lipinski definition) is 3. The summed E-state index contributed by atoms with van der Waals surface area (Å²) in [5, 5.41) is 6.75. The highest BCUT2D eigenvalue weighted by Gasteiger charge is 2.17. The minimum atomic E-state index is -0.252. The first-order valence-electron chi connectivity index (χ1n) is 8.64. The van der Waals surface area contributed by atoms with Gasteiger partial charge in [-0.1, -0.05) is 66.2 Å². The Balaban J connectivity index is 1.74. The first kappa shape index (κ1) is 18.8. The molecular formula is C22H21ClN2O2. The standard InChI is InChI=1S/C22H21ClN2O2/c1-27-18-13-11-17(12-14-18)22(16-7-3-2-4-8-16)25-21(26)15-24-20-10-6-5-9-19(20)23/h2-14,22,24H,15H2,1H3,(H,25,26). The summed E-state index contributed by atoms with van der Waals surface area (Å²) in [6, 6.07) is 24.6. The zero-order valence-electron chi connectivity index (χ0n) is 15.0. The quantitative estimate of drug-likeness (QED) is 0.626. The van der Waals surface area contributed by atoms with Crippen LogP contribution in [0.2, 0.25) is 5.02 Å². The number of methoxy groups -OCH3 is 1. The first-order valence-corrected chi connectivity index (χ1v) is 9.02. The van der Waals surface area contributed by atoms with Crippen LogP contribution in [0, 0.1) is 0 Å². The predicted octanol–water partition coefficient (Wildman–Crippen LogP) is 4.67. The normalized spacial score (nSPS) is 11.5. The average Bonchev–Trinajstić information content (AvgIpc) is 2.72. The summed E-state index contributed by atoms with van der Waals surface area (Å²) in [6.45, 7) is 0.128. The molecule has 1 unspecified atom stereocenters. The van der Waals surface area contributed by atoms with Gasteiger partial charge in [0.25, 0.3) is 0 Å². The predicted molar refractivity (Wildman–Crippen MR) is 109 cm³/mol. The van der Waals surface area contributed by atoms with E-state index < -0.39 is 0 Å². The fourth-order valence-corrected chi connectivity index (χ4v) is 3.00. The smallest absolute Gasteiger partial charge is 0.240 e. The monoisotopic (exact) mass is 380 g/mol. The van der Waals surface area contributed by atoms with Crippen LogP contribution in [-0.2, 0) is 4.79 Å². The van der Waals surface area contributed by atoms with E-state index >= 15 is 0 Å². The first-order chi connectivity index (χ1) is 13.2. The van der Waals surface area contributed by atoms with Crippen LogP contribution in [0.5, 0.6) is 5.75 Å². The molecule has 1 amide bonds. The van der Waals surface area contributed by atoms with E-state index in [1.165, 1.54) is 0 Å². The Labute approximate surface area is 164 Å². The molecule has 0 saturated carbocycles. The highest BCUT2D eigenvalue weighted by Crippen LogP contribution is 2.24. The van der Waals surface area contributed by atoms with Gasteiger partial charge in [-0.25, -0.2) is 0 Å². The van der Waals surface area contributed by atoms with Gasteiger partial charge >= 0.3 is 0 Å². The lowest BCUT2D eigenvalue weighted by Crippen LogP contribution is -2.34. The third kappa shape index (κ3) is 5.02. The van der Waals surface area contributed by atoms with Crippen LogP contribution in [0.25, 0.3) is 0 Å². The molecular weight excluding hydrogens is 360 g/mol.